The molecule has 9 heteroatoms. The van der Waals surface area contributed by atoms with E-state index >= 15 is 0 Å². The largest absolute Gasteiger partial charge is 0.393 e. The number of carbonyl (C=O) groups excluding carboxylic acids is 1. The van der Waals surface area contributed by atoms with Crippen LogP contribution in [0.1, 0.15) is 15.9 Å². The molecule has 0 spiro atoms. The summed E-state index contributed by atoms with van der Waals surface area (Å²) in [5.74, 6) is -1.55. The average molecular weight is 445 g/mol. The molecule has 8 nitrogen and oxygen atoms in total. The summed E-state index contributed by atoms with van der Waals surface area (Å²) in [4.78, 5) is 24.7. The van der Waals surface area contributed by atoms with E-state index in [4.69, 9.17) is 10.8 Å². The van der Waals surface area contributed by atoms with Gasteiger partial charge >= 0.3 is 0 Å². The fraction of sp³-hybridized carbons (Fsp3) is 0.0833. The number of carbonyl (C=O) groups is 1. The summed E-state index contributed by atoms with van der Waals surface area (Å²) in [6.45, 7) is 0.125. The number of anilines is 1. The van der Waals surface area contributed by atoms with Crippen LogP contribution >= 0.6 is 0 Å². The summed E-state index contributed by atoms with van der Waals surface area (Å²) in [5, 5.41) is 15.9. The normalized spacial score (nSPS) is 10.7. The SMILES string of the molecule is CN(Cc1cn(-c2ccccc2)nc1-c1ccccc1)C(=O)c1cc(F)cc([N+](=O)[O-])c1N. The highest BCUT2D eigenvalue weighted by Gasteiger charge is 2.25. The second-order valence-electron chi connectivity index (χ2n) is 7.45. The molecule has 0 saturated carbocycles. The maximum Gasteiger partial charge on any atom is 0.295 e. The van der Waals surface area contributed by atoms with Gasteiger partial charge < -0.3 is 10.6 Å². The van der Waals surface area contributed by atoms with Gasteiger partial charge in [0, 0.05) is 30.9 Å². The van der Waals surface area contributed by atoms with Gasteiger partial charge in [-0.3, -0.25) is 14.9 Å². The van der Waals surface area contributed by atoms with Crippen LogP contribution in [-0.4, -0.2) is 32.6 Å². The number of amides is 1. The minimum atomic E-state index is -0.908. The molecule has 166 valence electrons. The van der Waals surface area contributed by atoms with Crippen LogP contribution in [-0.2, 0) is 6.54 Å². The molecule has 4 aromatic rings. The number of para-hydroxylation sites is 1. The first-order valence-corrected chi connectivity index (χ1v) is 10.0. The number of aromatic nitrogens is 2. The van der Waals surface area contributed by atoms with Crippen molar-refractivity contribution in [3.8, 4) is 16.9 Å². The molecular formula is C24H20FN5O3. The number of nitrogens with zero attached hydrogens (tertiary/aromatic N) is 4. The number of nitrogens with two attached hydrogens (primary N) is 1. The molecule has 1 amide bonds. The Morgan fingerprint density at radius 1 is 1.12 bits per heavy atom. The number of nitro benzene ring substituents is 1. The zero-order valence-corrected chi connectivity index (χ0v) is 17.7. The standard InChI is InChI=1S/C24H20FN5O3/c1-28(24(31)20-12-18(25)13-21(22(20)26)30(32)33)14-17-15-29(19-10-6-3-7-11-19)27-23(17)16-8-4-2-5-9-16/h2-13,15H,14,26H2,1H3. The first-order valence-electron chi connectivity index (χ1n) is 10.0. The molecule has 4 rings (SSSR count). The van der Waals surface area contributed by atoms with E-state index in [1.54, 1.807) is 4.68 Å². The quantitative estimate of drug-likeness (QED) is 0.268. The molecule has 0 aliphatic heterocycles. The topological polar surface area (TPSA) is 107 Å². The number of hydrogen-bond acceptors (Lipinski definition) is 5. The summed E-state index contributed by atoms with van der Waals surface area (Å²) in [5.41, 5.74) is 7.66. The third-order valence-electron chi connectivity index (χ3n) is 5.16. The van der Waals surface area contributed by atoms with Crippen molar-refractivity contribution in [3.63, 3.8) is 0 Å². The van der Waals surface area contributed by atoms with Gasteiger partial charge in [0.2, 0.25) is 0 Å². The molecule has 0 radical (unpaired) electrons. The molecule has 1 aromatic heterocycles. The third kappa shape index (κ3) is 4.42. The van der Waals surface area contributed by atoms with Gasteiger partial charge in [0.15, 0.2) is 0 Å². The number of halogens is 1. The lowest BCUT2D eigenvalue weighted by molar-refractivity contribution is -0.384. The first-order chi connectivity index (χ1) is 15.8. The van der Waals surface area contributed by atoms with Crippen LogP contribution in [0.3, 0.4) is 0 Å². The van der Waals surface area contributed by atoms with Gasteiger partial charge in [-0.25, -0.2) is 9.07 Å². The Kier molecular flexibility index (Phi) is 5.86. The van der Waals surface area contributed by atoms with Crippen LogP contribution in [0.2, 0.25) is 0 Å². The van der Waals surface area contributed by atoms with Gasteiger partial charge in [0.1, 0.15) is 11.5 Å². The zero-order valence-electron chi connectivity index (χ0n) is 17.7. The zero-order chi connectivity index (χ0) is 23.5. The highest BCUT2D eigenvalue weighted by molar-refractivity contribution is 6.01. The Morgan fingerprint density at radius 3 is 2.39 bits per heavy atom. The summed E-state index contributed by atoms with van der Waals surface area (Å²) in [6, 6.07) is 20.6. The van der Waals surface area contributed by atoms with E-state index in [1.165, 1.54) is 11.9 Å². The summed E-state index contributed by atoms with van der Waals surface area (Å²) in [7, 11) is 1.52. The van der Waals surface area contributed by atoms with E-state index in [9.17, 15) is 19.3 Å². The van der Waals surface area contributed by atoms with Crippen molar-refractivity contribution < 1.29 is 14.1 Å². The lowest BCUT2D eigenvalue weighted by Gasteiger charge is -2.18. The molecule has 2 N–H and O–H groups in total. The van der Waals surface area contributed by atoms with Crippen molar-refractivity contribution in [2.24, 2.45) is 0 Å². The highest BCUT2D eigenvalue weighted by Crippen LogP contribution is 2.29. The second-order valence-corrected chi connectivity index (χ2v) is 7.45. The molecule has 0 atom stereocenters. The van der Waals surface area contributed by atoms with E-state index in [0.29, 0.717) is 11.8 Å². The molecule has 1 heterocycles. The van der Waals surface area contributed by atoms with E-state index in [-0.39, 0.29) is 17.8 Å². The molecule has 33 heavy (non-hydrogen) atoms. The minimum Gasteiger partial charge on any atom is -0.393 e. The molecule has 3 aromatic carbocycles. The summed E-state index contributed by atoms with van der Waals surface area (Å²) < 4.78 is 15.7. The van der Waals surface area contributed by atoms with Crippen molar-refractivity contribution in [2.75, 3.05) is 12.8 Å². The number of nitro groups is 1. The Balaban J connectivity index is 1.71. The predicted octanol–water partition coefficient (Wildman–Crippen LogP) is 4.44. The van der Waals surface area contributed by atoms with Crippen molar-refractivity contribution in [3.05, 3.63) is 106 Å². The van der Waals surface area contributed by atoms with Crippen LogP contribution in [0.4, 0.5) is 15.8 Å². The Hall–Kier alpha value is -4.53. The first kappa shape index (κ1) is 21.7. The molecule has 0 unspecified atom stereocenters. The van der Waals surface area contributed by atoms with Crippen molar-refractivity contribution in [1.29, 1.82) is 0 Å². The third-order valence-corrected chi connectivity index (χ3v) is 5.16. The molecule has 0 aliphatic carbocycles. The minimum absolute atomic E-state index is 0.125. The number of nitrogen functional groups attached to an aromatic ring is 1. The predicted molar refractivity (Wildman–Crippen MR) is 122 cm³/mol. The Labute approximate surface area is 188 Å². The van der Waals surface area contributed by atoms with Crippen LogP contribution in [0.15, 0.2) is 79.0 Å². The molecule has 0 bridgehead atoms. The highest BCUT2D eigenvalue weighted by atomic mass is 19.1. The molecule has 0 aliphatic rings. The average Bonchev–Trinajstić information content (AvgIpc) is 3.24. The van der Waals surface area contributed by atoms with E-state index < -0.39 is 22.3 Å². The molecule has 0 saturated heterocycles. The van der Waals surface area contributed by atoms with Gasteiger partial charge in [-0.05, 0) is 18.2 Å². The smallest absolute Gasteiger partial charge is 0.295 e. The Morgan fingerprint density at radius 2 is 1.76 bits per heavy atom. The number of benzene rings is 3. The van der Waals surface area contributed by atoms with E-state index in [1.807, 2.05) is 66.9 Å². The molecule has 0 fully saturated rings. The van der Waals surface area contributed by atoms with Crippen LogP contribution < -0.4 is 5.73 Å². The van der Waals surface area contributed by atoms with Crippen molar-refractivity contribution >= 4 is 17.3 Å². The summed E-state index contributed by atoms with van der Waals surface area (Å²) >= 11 is 0. The van der Waals surface area contributed by atoms with Crippen LogP contribution in [0, 0.1) is 15.9 Å². The fourth-order valence-corrected chi connectivity index (χ4v) is 3.54. The van der Waals surface area contributed by atoms with Gasteiger partial charge in [-0.2, -0.15) is 5.10 Å². The van der Waals surface area contributed by atoms with Crippen molar-refractivity contribution in [2.45, 2.75) is 6.54 Å². The van der Waals surface area contributed by atoms with Gasteiger partial charge in [0.25, 0.3) is 11.6 Å². The second kappa shape index (κ2) is 8.91. The van der Waals surface area contributed by atoms with Crippen LogP contribution in [0.5, 0.6) is 0 Å². The Bertz CT molecular complexity index is 1320. The monoisotopic (exact) mass is 445 g/mol. The van der Waals surface area contributed by atoms with Gasteiger partial charge in [-0.15, -0.1) is 0 Å². The van der Waals surface area contributed by atoms with Crippen LogP contribution in [0.25, 0.3) is 16.9 Å². The maximum atomic E-state index is 14.0. The van der Waals surface area contributed by atoms with Gasteiger partial charge in [-0.1, -0.05) is 48.5 Å². The molecular weight excluding hydrogens is 425 g/mol. The number of rotatable bonds is 6. The summed E-state index contributed by atoms with van der Waals surface area (Å²) in [6.07, 6.45) is 1.82. The van der Waals surface area contributed by atoms with E-state index in [2.05, 4.69) is 0 Å². The maximum absolute atomic E-state index is 14.0. The fourth-order valence-electron chi connectivity index (χ4n) is 3.54. The lowest BCUT2D eigenvalue weighted by Crippen LogP contribution is -2.27. The van der Waals surface area contributed by atoms with Crippen molar-refractivity contribution in [1.82, 2.24) is 14.7 Å². The van der Waals surface area contributed by atoms with E-state index in [0.717, 1.165) is 22.9 Å². The van der Waals surface area contributed by atoms with Gasteiger partial charge in [0.05, 0.1) is 27.9 Å². The number of hydrogen-bond donors (Lipinski definition) is 1. The lowest BCUT2D eigenvalue weighted by atomic mass is 10.1.